The second-order valence-electron chi connectivity index (χ2n) is 5.02. The highest BCUT2D eigenvalue weighted by Gasteiger charge is 2.25. The highest BCUT2D eigenvalue weighted by atomic mass is 16.6. The van der Waals surface area contributed by atoms with Gasteiger partial charge >= 0.3 is 5.97 Å². The Bertz CT molecular complexity index is 532. The van der Waals surface area contributed by atoms with Gasteiger partial charge in [-0.2, -0.15) is 0 Å². The van der Waals surface area contributed by atoms with Gasteiger partial charge in [0.1, 0.15) is 17.6 Å². The monoisotopic (exact) mass is 279 g/mol. The van der Waals surface area contributed by atoms with Gasteiger partial charge in [-0.1, -0.05) is 12.8 Å². The molecule has 1 fully saturated rings. The van der Waals surface area contributed by atoms with Crippen LogP contribution in [-0.2, 0) is 0 Å². The molecule has 1 aliphatic rings. The van der Waals surface area contributed by atoms with Crippen LogP contribution in [0.2, 0.25) is 0 Å². The Morgan fingerprint density at radius 2 is 2.25 bits per heavy atom. The predicted molar refractivity (Wildman–Crippen MR) is 73.1 cm³/mol. The summed E-state index contributed by atoms with van der Waals surface area (Å²) in [6.45, 7) is 2.76. The second-order valence-corrected chi connectivity index (χ2v) is 5.02. The van der Waals surface area contributed by atoms with Crippen LogP contribution >= 0.6 is 0 Å². The van der Waals surface area contributed by atoms with Crippen molar-refractivity contribution >= 4 is 17.5 Å². The number of hydrogen-bond donors (Lipinski definition) is 1. The number of rotatable bonds is 3. The third kappa shape index (κ3) is 2.87. The lowest BCUT2D eigenvalue weighted by Gasteiger charge is -2.29. The van der Waals surface area contributed by atoms with E-state index in [1.165, 1.54) is 0 Å². The van der Waals surface area contributed by atoms with Crippen molar-refractivity contribution in [2.45, 2.75) is 38.6 Å². The zero-order chi connectivity index (χ0) is 14.7. The average Bonchev–Trinajstić information content (AvgIpc) is 2.62. The van der Waals surface area contributed by atoms with E-state index in [1.807, 2.05) is 11.8 Å². The minimum Gasteiger partial charge on any atom is -0.478 e. The largest absolute Gasteiger partial charge is 0.478 e. The van der Waals surface area contributed by atoms with Crippen LogP contribution in [0.15, 0.2) is 12.3 Å². The molecule has 1 aromatic heterocycles. The van der Waals surface area contributed by atoms with Gasteiger partial charge in [0.05, 0.1) is 4.92 Å². The fraction of sp³-hybridized carbons (Fsp3) is 0.538. The summed E-state index contributed by atoms with van der Waals surface area (Å²) in [5, 5.41) is 20.0. The zero-order valence-corrected chi connectivity index (χ0v) is 11.3. The number of nitrogens with zero attached hydrogens (tertiary/aromatic N) is 3. The third-order valence-electron chi connectivity index (χ3n) is 3.62. The highest BCUT2D eigenvalue weighted by Crippen LogP contribution is 2.27. The highest BCUT2D eigenvalue weighted by molar-refractivity contribution is 5.94. The molecule has 108 valence electrons. The first-order valence-electron chi connectivity index (χ1n) is 6.65. The van der Waals surface area contributed by atoms with Gasteiger partial charge in [0.2, 0.25) is 0 Å². The molecule has 7 heteroatoms. The molecule has 0 spiro atoms. The first-order chi connectivity index (χ1) is 9.50. The van der Waals surface area contributed by atoms with Crippen molar-refractivity contribution in [3.05, 3.63) is 27.9 Å². The molecule has 0 bridgehead atoms. The number of aromatic nitrogens is 1. The average molecular weight is 279 g/mol. The standard InChI is InChI=1S/C13H17N3O4/c1-9-5-3-2-4-6-15(9)12-11(13(17)18)7-10(8-14-12)16(19)20/h7-9H,2-6H2,1H3,(H,17,18). The van der Waals surface area contributed by atoms with Crippen molar-refractivity contribution < 1.29 is 14.8 Å². The predicted octanol–water partition coefficient (Wildman–Crippen LogP) is 2.46. The van der Waals surface area contributed by atoms with Crippen LogP contribution in [0.5, 0.6) is 0 Å². The van der Waals surface area contributed by atoms with Crippen molar-refractivity contribution in [1.82, 2.24) is 4.98 Å². The fourth-order valence-corrected chi connectivity index (χ4v) is 2.52. The van der Waals surface area contributed by atoms with E-state index < -0.39 is 10.9 Å². The molecule has 0 amide bonds. The minimum atomic E-state index is -1.19. The SMILES string of the molecule is CC1CCCCCN1c1ncc([N+](=O)[O-])cc1C(=O)O. The topological polar surface area (TPSA) is 96.6 Å². The molecule has 0 radical (unpaired) electrons. The van der Waals surface area contributed by atoms with E-state index >= 15 is 0 Å². The molecule has 1 N–H and O–H groups in total. The molecule has 1 aliphatic heterocycles. The van der Waals surface area contributed by atoms with E-state index in [1.54, 1.807) is 0 Å². The number of nitro groups is 1. The van der Waals surface area contributed by atoms with E-state index in [4.69, 9.17) is 0 Å². The van der Waals surface area contributed by atoms with E-state index in [2.05, 4.69) is 4.98 Å². The summed E-state index contributed by atoms with van der Waals surface area (Å²) in [4.78, 5) is 27.4. The zero-order valence-electron chi connectivity index (χ0n) is 11.3. The van der Waals surface area contributed by atoms with Crippen LogP contribution in [0.25, 0.3) is 0 Å². The van der Waals surface area contributed by atoms with E-state index in [9.17, 15) is 20.0 Å². The molecule has 1 saturated heterocycles. The number of hydrogen-bond acceptors (Lipinski definition) is 5. The Morgan fingerprint density at radius 1 is 1.50 bits per heavy atom. The Kier molecular flexibility index (Phi) is 4.16. The minimum absolute atomic E-state index is 0.104. The molecule has 0 aliphatic carbocycles. The molecule has 20 heavy (non-hydrogen) atoms. The summed E-state index contributed by atoms with van der Waals surface area (Å²) in [6.07, 6.45) is 5.28. The van der Waals surface area contributed by atoms with Crippen LogP contribution in [-0.4, -0.2) is 33.6 Å². The van der Waals surface area contributed by atoms with Gasteiger partial charge in [-0.15, -0.1) is 0 Å². The summed E-state index contributed by atoms with van der Waals surface area (Å²) < 4.78 is 0. The molecule has 1 unspecified atom stereocenters. The normalized spacial score (nSPS) is 19.4. The number of anilines is 1. The van der Waals surface area contributed by atoms with Crippen LogP contribution < -0.4 is 4.90 Å². The van der Waals surface area contributed by atoms with Crippen molar-refractivity contribution in [3.8, 4) is 0 Å². The Balaban J connectivity index is 2.43. The summed E-state index contributed by atoms with van der Waals surface area (Å²) in [7, 11) is 0. The Labute approximate surface area is 116 Å². The molecule has 0 aromatic carbocycles. The number of carboxylic acids is 1. The van der Waals surface area contributed by atoms with E-state index in [0.29, 0.717) is 5.82 Å². The molecule has 1 aromatic rings. The number of pyridine rings is 1. The third-order valence-corrected chi connectivity index (χ3v) is 3.62. The number of carboxylic acid groups (broad SMARTS) is 1. The molecule has 1 atom stereocenters. The van der Waals surface area contributed by atoms with Crippen LogP contribution in [0.1, 0.15) is 43.0 Å². The van der Waals surface area contributed by atoms with Gasteiger partial charge in [-0.05, 0) is 19.8 Å². The van der Waals surface area contributed by atoms with Crippen LogP contribution in [0.3, 0.4) is 0 Å². The molecule has 7 nitrogen and oxygen atoms in total. The molecule has 0 saturated carbocycles. The van der Waals surface area contributed by atoms with Crippen molar-refractivity contribution in [1.29, 1.82) is 0 Å². The van der Waals surface area contributed by atoms with Gasteiger partial charge in [-0.3, -0.25) is 10.1 Å². The maximum absolute atomic E-state index is 11.3. The van der Waals surface area contributed by atoms with Gasteiger partial charge < -0.3 is 10.0 Å². The quantitative estimate of drug-likeness (QED) is 0.674. The molecule has 2 rings (SSSR count). The lowest BCUT2D eigenvalue weighted by Crippen LogP contribution is -2.34. The summed E-state index contributed by atoms with van der Waals surface area (Å²) in [5.74, 6) is -0.856. The Hall–Kier alpha value is -2.18. The van der Waals surface area contributed by atoms with Crippen LogP contribution in [0, 0.1) is 10.1 Å². The van der Waals surface area contributed by atoms with Gasteiger partial charge in [0.25, 0.3) is 5.69 Å². The van der Waals surface area contributed by atoms with E-state index in [0.717, 1.165) is 44.5 Å². The molecular formula is C13H17N3O4. The molecule has 2 heterocycles. The first kappa shape index (κ1) is 14.2. The fourth-order valence-electron chi connectivity index (χ4n) is 2.52. The Morgan fingerprint density at radius 3 is 2.90 bits per heavy atom. The summed E-state index contributed by atoms with van der Waals surface area (Å²) in [6, 6.07) is 1.27. The maximum atomic E-state index is 11.3. The van der Waals surface area contributed by atoms with Crippen LogP contribution in [0.4, 0.5) is 11.5 Å². The van der Waals surface area contributed by atoms with Crippen molar-refractivity contribution in [3.63, 3.8) is 0 Å². The lowest BCUT2D eigenvalue weighted by molar-refractivity contribution is -0.385. The number of aromatic carboxylic acids is 1. The van der Waals surface area contributed by atoms with Gasteiger partial charge in [-0.25, -0.2) is 9.78 Å². The van der Waals surface area contributed by atoms with Crippen molar-refractivity contribution in [2.24, 2.45) is 0 Å². The number of carbonyl (C=O) groups is 1. The second kappa shape index (κ2) is 5.85. The molecular weight excluding hydrogens is 262 g/mol. The van der Waals surface area contributed by atoms with Gasteiger partial charge in [0, 0.05) is 18.7 Å². The van der Waals surface area contributed by atoms with E-state index in [-0.39, 0.29) is 17.3 Å². The first-order valence-corrected chi connectivity index (χ1v) is 6.65. The van der Waals surface area contributed by atoms with Gasteiger partial charge in [0.15, 0.2) is 0 Å². The smallest absolute Gasteiger partial charge is 0.339 e. The maximum Gasteiger partial charge on any atom is 0.339 e. The summed E-state index contributed by atoms with van der Waals surface area (Å²) in [5.41, 5.74) is -0.401. The summed E-state index contributed by atoms with van der Waals surface area (Å²) >= 11 is 0. The van der Waals surface area contributed by atoms with Crippen molar-refractivity contribution in [2.75, 3.05) is 11.4 Å². The lowest BCUT2D eigenvalue weighted by atomic mass is 10.1.